The SMILES string of the molecule is CN1CCN(Nc2nc3c(=O)[nH]cnc3n2C2OC(CO)C(O)C2O)CC1. The Morgan fingerprint density at radius 1 is 1.30 bits per heavy atom. The molecule has 4 heterocycles. The monoisotopic (exact) mass is 381 g/mol. The van der Waals surface area contributed by atoms with Crippen LogP contribution in [0.5, 0.6) is 0 Å². The van der Waals surface area contributed by atoms with Crippen LogP contribution in [0.1, 0.15) is 6.23 Å². The van der Waals surface area contributed by atoms with E-state index >= 15 is 0 Å². The topological polar surface area (TPSA) is 152 Å². The van der Waals surface area contributed by atoms with Gasteiger partial charge in [-0.3, -0.25) is 14.8 Å². The van der Waals surface area contributed by atoms with Crippen molar-refractivity contribution >= 4 is 17.1 Å². The highest BCUT2D eigenvalue weighted by atomic mass is 16.6. The quantitative estimate of drug-likeness (QED) is 0.378. The minimum atomic E-state index is -1.31. The molecule has 2 aliphatic heterocycles. The summed E-state index contributed by atoms with van der Waals surface area (Å²) in [6, 6.07) is 0. The number of rotatable bonds is 4. The van der Waals surface area contributed by atoms with Gasteiger partial charge in [0, 0.05) is 26.2 Å². The zero-order chi connectivity index (χ0) is 19.1. The van der Waals surface area contributed by atoms with Crippen molar-refractivity contribution in [1.82, 2.24) is 29.4 Å². The molecule has 0 spiro atoms. The van der Waals surface area contributed by atoms with Crippen molar-refractivity contribution in [3.63, 3.8) is 0 Å². The van der Waals surface area contributed by atoms with E-state index < -0.39 is 36.7 Å². The first-order valence-corrected chi connectivity index (χ1v) is 8.78. The number of aliphatic hydroxyl groups excluding tert-OH is 3. The van der Waals surface area contributed by atoms with Crippen molar-refractivity contribution in [2.45, 2.75) is 24.5 Å². The van der Waals surface area contributed by atoms with Crippen LogP contribution in [0.2, 0.25) is 0 Å². The molecule has 0 aliphatic carbocycles. The summed E-state index contributed by atoms with van der Waals surface area (Å²) >= 11 is 0. The van der Waals surface area contributed by atoms with Gasteiger partial charge in [0.2, 0.25) is 5.95 Å². The third-order valence-corrected chi connectivity index (χ3v) is 5.02. The largest absolute Gasteiger partial charge is 0.394 e. The molecule has 2 fully saturated rings. The number of hydrazine groups is 1. The van der Waals surface area contributed by atoms with Gasteiger partial charge in [-0.1, -0.05) is 0 Å². The number of nitrogens with one attached hydrogen (secondary N) is 2. The van der Waals surface area contributed by atoms with Crippen molar-refractivity contribution in [1.29, 1.82) is 0 Å². The molecule has 2 aromatic heterocycles. The maximum absolute atomic E-state index is 12.1. The number of fused-ring (bicyclic) bond motifs is 1. The molecule has 0 bridgehead atoms. The molecule has 2 aliphatic rings. The van der Waals surface area contributed by atoms with Crippen molar-refractivity contribution in [2.75, 3.05) is 45.3 Å². The third kappa shape index (κ3) is 3.20. The second-order valence-electron chi connectivity index (χ2n) is 6.84. The van der Waals surface area contributed by atoms with Crippen molar-refractivity contribution in [3.05, 3.63) is 16.7 Å². The molecule has 2 saturated heterocycles. The van der Waals surface area contributed by atoms with Gasteiger partial charge in [0.1, 0.15) is 18.3 Å². The molecular weight excluding hydrogens is 358 g/mol. The highest BCUT2D eigenvalue weighted by Gasteiger charge is 2.45. The van der Waals surface area contributed by atoms with Crippen molar-refractivity contribution in [3.8, 4) is 0 Å². The number of aromatic nitrogens is 4. The predicted octanol–water partition coefficient (Wildman–Crippen LogP) is -2.69. The molecule has 4 rings (SSSR count). The highest BCUT2D eigenvalue weighted by Crippen LogP contribution is 2.33. The first kappa shape index (κ1) is 18.3. The molecule has 5 N–H and O–H groups in total. The fourth-order valence-corrected chi connectivity index (χ4v) is 3.39. The van der Waals surface area contributed by atoms with Crippen LogP contribution in [-0.4, -0.2) is 103 Å². The van der Waals surface area contributed by atoms with Gasteiger partial charge in [-0.25, -0.2) is 15.0 Å². The molecule has 4 atom stereocenters. The van der Waals surface area contributed by atoms with Gasteiger partial charge < -0.3 is 29.9 Å². The Morgan fingerprint density at radius 3 is 2.70 bits per heavy atom. The number of piperazine rings is 1. The predicted molar refractivity (Wildman–Crippen MR) is 93.9 cm³/mol. The van der Waals surface area contributed by atoms with Crippen LogP contribution in [0.25, 0.3) is 11.2 Å². The van der Waals surface area contributed by atoms with Gasteiger partial charge in [0.05, 0.1) is 12.9 Å². The second-order valence-corrected chi connectivity index (χ2v) is 6.84. The molecule has 4 unspecified atom stereocenters. The number of imidazole rings is 1. The Labute approximate surface area is 154 Å². The number of nitrogens with zero attached hydrogens (tertiary/aromatic N) is 5. The molecule has 0 saturated carbocycles. The molecule has 27 heavy (non-hydrogen) atoms. The van der Waals surface area contributed by atoms with Gasteiger partial charge in [0.15, 0.2) is 17.4 Å². The Hall–Kier alpha value is -2.09. The van der Waals surface area contributed by atoms with E-state index in [9.17, 15) is 20.1 Å². The minimum Gasteiger partial charge on any atom is -0.394 e. The van der Waals surface area contributed by atoms with Gasteiger partial charge in [-0.05, 0) is 7.05 Å². The van der Waals surface area contributed by atoms with Crippen LogP contribution in [0.15, 0.2) is 11.1 Å². The lowest BCUT2D eigenvalue weighted by Gasteiger charge is -2.33. The number of H-pyrrole nitrogens is 1. The number of aliphatic hydroxyl groups is 3. The number of ether oxygens (including phenoxy) is 1. The third-order valence-electron chi connectivity index (χ3n) is 5.02. The summed E-state index contributed by atoms with van der Waals surface area (Å²) < 4.78 is 7.08. The molecule has 2 aromatic rings. The lowest BCUT2D eigenvalue weighted by Crippen LogP contribution is -2.47. The fraction of sp³-hybridized carbons (Fsp3) is 0.667. The zero-order valence-corrected chi connectivity index (χ0v) is 14.8. The standard InChI is InChI=1S/C15H23N7O5/c1-20-2-4-21(5-3-20)19-15-18-9-12(16-7-17-13(9)26)22(15)14-11(25)10(24)8(6-23)27-14/h7-8,10-11,14,23-25H,2-6H2,1H3,(H,18,19)(H,16,17,26). The van der Waals surface area contributed by atoms with Gasteiger partial charge >= 0.3 is 0 Å². The van der Waals surface area contributed by atoms with Crippen LogP contribution in [0, 0.1) is 0 Å². The average molecular weight is 381 g/mol. The lowest BCUT2D eigenvalue weighted by molar-refractivity contribution is -0.0504. The van der Waals surface area contributed by atoms with E-state index in [1.165, 1.54) is 10.9 Å². The maximum atomic E-state index is 12.1. The zero-order valence-electron chi connectivity index (χ0n) is 14.8. The second kappa shape index (κ2) is 7.14. The smallest absolute Gasteiger partial charge is 0.278 e. The van der Waals surface area contributed by atoms with Crippen LogP contribution >= 0.6 is 0 Å². The van der Waals surface area contributed by atoms with Crippen molar-refractivity contribution < 1.29 is 20.1 Å². The molecule has 0 amide bonds. The fourth-order valence-electron chi connectivity index (χ4n) is 3.39. The van der Waals surface area contributed by atoms with Crippen LogP contribution in [0.4, 0.5) is 5.95 Å². The molecule has 0 radical (unpaired) electrons. The summed E-state index contributed by atoms with van der Waals surface area (Å²) in [6.45, 7) is 2.75. The van der Waals surface area contributed by atoms with E-state index in [1.807, 2.05) is 12.1 Å². The number of hydrogen-bond donors (Lipinski definition) is 5. The molecule has 148 valence electrons. The summed E-state index contributed by atoms with van der Waals surface area (Å²) in [5.74, 6) is 0.272. The van der Waals surface area contributed by atoms with E-state index in [4.69, 9.17) is 4.74 Å². The summed E-state index contributed by atoms with van der Waals surface area (Å²) in [5, 5.41) is 31.8. The lowest BCUT2D eigenvalue weighted by atomic mass is 10.1. The van der Waals surface area contributed by atoms with Crippen molar-refractivity contribution in [2.24, 2.45) is 0 Å². The number of hydrogen-bond acceptors (Lipinski definition) is 10. The normalized spacial score (nSPS) is 30.2. The number of aromatic amines is 1. The molecule has 12 nitrogen and oxygen atoms in total. The highest BCUT2D eigenvalue weighted by molar-refractivity contribution is 5.73. The van der Waals surface area contributed by atoms with Crippen LogP contribution in [-0.2, 0) is 4.74 Å². The van der Waals surface area contributed by atoms with E-state index in [-0.39, 0.29) is 17.1 Å². The van der Waals surface area contributed by atoms with Crippen LogP contribution < -0.4 is 11.0 Å². The molecule has 12 heteroatoms. The Kier molecular flexibility index (Phi) is 4.84. The Bertz CT molecular complexity index is 862. The Balaban J connectivity index is 1.74. The van der Waals surface area contributed by atoms with E-state index in [1.54, 1.807) is 0 Å². The number of likely N-dealkylation sites (N-methyl/N-ethyl adjacent to an activating group) is 1. The summed E-state index contributed by atoms with van der Waals surface area (Å²) in [6.07, 6.45) is -3.33. The average Bonchev–Trinajstić information content (AvgIpc) is 3.16. The van der Waals surface area contributed by atoms with Gasteiger partial charge in [0.25, 0.3) is 5.56 Å². The first-order valence-electron chi connectivity index (χ1n) is 8.78. The molecule has 0 aromatic carbocycles. The Morgan fingerprint density at radius 2 is 2.04 bits per heavy atom. The van der Waals surface area contributed by atoms with E-state index in [0.717, 1.165) is 26.2 Å². The van der Waals surface area contributed by atoms with Gasteiger partial charge in [-0.2, -0.15) is 0 Å². The van der Waals surface area contributed by atoms with E-state index in [2.05, 4.69) is 25.3 Å². The first-order chi connectivity index (χ1) is 13.0. The van der Waals surface area contributed by atoms with Crippen LogP contribution in [0.3, 0.4) is 0 Å². The summed E-state index contributed by atoms with van der Waals surface area (Å²) in [4.78, 5) is 25.3. The summed E-state index contributed by atoms with van der Waals surface area (Å²) in [7, 11) is 2.04. The number of anilines is 1. The minimum absolute atomic E-state index is 0.0897. The summed E-state index contributed by atoms with van der Waals surface area (Å²) in [5.41, 5.74) is 3.04. The molecular formula is C15H23N7O5. The van der Waals surface area contributed by atoms with Gasteiger partial charge in [-0.15, -0.1) is 0 Å². The maximum Gasteiger partial charge on any atom is 0.278 e. The van der Waals surface area contributed by atoms with E-state index in [0.29, 0.717) is 0 Å².